The lowest BCUT2D eigenvalue weighted by Crippen LogP contribution is -2.31. The van der Waals surface area contributed by atoms with Crippen molar-refractivity contribution in [3.63, 3.8) is 0 Å². The van der Waals surface area contributed by atoms with E-state index in [1.165, 1.54) is 0 Å². The van der Waals surface area contributed by atoms with Gasteiger partial charge in [-0.1, -0.05) is 12.1 Å². The molecule has 1 amide bonds. The summed E-state index contributed by atoms with van der Waals surface area (Å²) in [7, 11) is 4.81. The van der Waals surface area contributed by atoms with E-state index in [1.54, 1.807) is 27.4 Å². The number of benzene rings is 2. The van der Waals surface area contributed by atoms with E-state index in [4.69, 9.17) is 14.2 Å². The molecule has 0 unspecified atom stereocenters. The van der Waals surface area contributed by atoms with Gasteiger partial charge in [0.05, 0.1) is 33.6 Å². The van der Waals surface area contributed by atoms with Crippen LogP contribution in [0.25, 0.3) is 0 Å². The predicted molar refractivity (Wildman–Crippen MR) is 97.7 cm³/mol. The second kappa shape index (κ2) is 9.42. The fraction of sp³-hybridized carbons (Fsp3) is 0.316. The molecule has 0 aliphatic rings. The molecule has 25 heavy (non-hydrogen) atoms. The van der Waals surface area contributed by atoms with Crippen LogP contribution in [-0.2, 0) is 11.2 Å². The lowest BCUT2D eigenvalue weighted by Gasteiger charge is -2.12. The zero-order valence-corrected chi connectivity index (χ0v) is 14.8. The Morgan fingerprint density at radius 1 is 0.920 bits per heavy atom. The van der Waals surface area contributed by atoms with E-state index in [0.29, 0.717) is 18.0 Å². The molecule has 2 rings (SSSR count). The van der Waals surface area contributed by atoms with E-state index in [9.17, 15) is 4.79 Å². The quantitative estimate of drug-likeness (QED) is 0.731. The zero-order valence-electron chi connectivity index (χ0n) is 14.8. The van der Waals surface area contributed by atoms with Crippen molar-refractivity contribution < 1.29 is 19.0 Å². The van der Waals surface area contributed by atoms with Crippen LogP contribution in [0.4, 0.5) is 5.69 Å². The average Bonchev–Trinajstić information content (AvgIpc) is 2.66. The summed E-state index contributed by atoms with van der Waals surface area (Å²) in [5, 5.41) is 5.96. The normalized spacial score (nSPS) is 10.0. The molecule has 0 bridgehead atoms. The highest BCUT2D eigenvalue weighted by atomic mass is 16.5. The number of amides is 1. The summed E-state index contributed by atoms with van der Waals surface area (Å²) in [5.41, 5.74) is 1.89. The van der Waals surface area contributed by atoms with E-state index in [1.807, 2.05) is 36.4 Å². The predicted octanol–water partition coefficient (Wildman–Crippen LogP) is 2.48. The summed E-state index contributed by atoms with van der Waals surface area (Å²) >= 11 is 0. The van der Waals surface area contributed by atoms with Gasteiger partial charge in [-0.2, -0.15) is 0 Å². The summed E-state index contributed by atoms with van der Waals surface area (Å²) in [6, 6.07) is 13.2. The Labute approximate surface area is 148 Å². The smallest absolute Gasteiger partial charge is 0.239 e. The number of hydrogen-bond donors (Lipinski definition) is 2. The topological polar surface area (TPSA) is 68.8 Å². The Bertz CT molecular complexity index is 686. The van der Waals surface area contributed by atoms with Gasteiger partial charge in [-0.05, 0) is 36.2 Å². The fourth-order valence-electron chi connectivity index (χ4n) is 2.32. The summed E-state index contributed by atoms with van der Waals surface area (Å²) in [6.45, 7) is 0.748. The van der Waals surface area contributed by atoms with Crippen molar-refractivity contribution in [3.05, 3.63) is 48.0 Å². The van der Waals surface area contributed by atoms with Gasteiger partial charge in [-0.25, -0.2) is 0 Å². The largest absolute Gasteiger partial charge is 0.497 e. The van der Waals surface area contributed by atoms with Gasteiger partial charge in [0.2, 0.25) is 5.91 Å². The van der Waals surface area contributed by atoms with Gasteiger partial charge in [0, 0.05) is 12.6 Å². The van der Waals surface area contributed by atoms with Gasteiger partial charge in [-0.3, -0.25) is 4.79 Å². The number of methoxy groups -OCH3 is 3. The number of carbonyl (C=O) groups excluding carboxylic acids is 1. The number of nitrogens with one attached hydrogen (secondary N) is 2. The Hall–Kier alpha value is -2.89. The van der Waals surface area contributed by atoms with Crippen molar-refractivity contribution in [2.24, 2.45) is 0 Å². The minimum atomic E-state index is -0.0774. The molecule has 6 heteroatoms. The average molecular weight is 344 g/mol. The molecule has 2 aromatic rings. The van der Waals surface area contributed by atoms with E-state index in [-0.39, 0.29) is 12.5 Å². The molecule has 0 saturated carbocycles. The van der Waals surface area contributed by atoms with Crippen LogP contribution in [0.2, 0.25) is 0 Å². The molecule has 0 aromatic heterocycles. The van der Waals surface area contributed by atoms with E-state index >= 15 is 0 Å². The third kappa shape index (κ3) is 5.60. The van der Waals surface area contributed by atoms with Crippen LogP contribution in [-0.4, -0.2) is 40.3 Å². The molecule has 0 radical (unpaired) electrons. The molecule has 0 heterocycles. The molecule has 2 aromatic carbocycles. The zero-order chi connectivity index (χ0) is 18.1. The van der Waals surface area contributed by atoms with Gasteiger partial charge in [0.15, 0.2) is 0 Å². The van der Waals surface area contributed by atoms with Gasteiger partial charge >= 0.3 is 0 Å². The highest BCUT2D eigenvalue weighted by Gasteiger charge is 2.07. The van der Waals surface area contributed by atoms with Gasteiger partial charge in [0.25, 0.3) is 0 Å². The van der Waals surface area contributed by atoms with Crippen molar-refractivity contribution in [2.45, 2.75) is 6.42 Å². The second-order valence-corrected chi connectivity index (χ2v) is 5.37. The lowest BCUT2D eigenvalue weighted by atomic mass is 10.1. The van der Waals surface area contributed by atoms with Crippen LogP contribution in [0.5, 0.6) is 17.2 Å². The molecule has 0 aliphatic carbocycles. The Balaban J connectivity index is 1.76. The first kappa shape index (κ1) is 18.4. The molecule has 6 nitrogen and oxygen atoms in total. The SMILES string of the molecule is COc1ccc(CCNC(=O)CNc2ccc(OC)cc2OC)cc1. The first-order valence-corrected chi connectivity index (χ1v) is 8.01. The minimum Gasteiger partial charge on any atom is -0.497 e. The van der Waals surface area contributed by atoms with E-state index < -0.39 is 0 Å². The molecule has 0 atom stereocenters. The molecular formula is C19H24N2O4. The molecule has 0 fully saturated rings. The Morgan fingerprint density at radius 3 is 2.24 bits per heavy atom. The van der Waals surface area contributed by atoms with Crippen LogP contribution in [0.15, 0.2) is 42.5 Å². The number of carbonyl (C=O) groups is 1. The van der Waals surface area contributed by atoms with E-state index in [2.05, 4.69) is 10.6 Å². The molecule has 0 aliphatic heterocycles. The van der Waals surface area contributed by atoms with Crippen molar-refractivity contribution >= 4 is 11.6 Å². The second-order valence-electron chi connectivity index (χ2n) is 5.37. The molecule has 134 valence electrons. The molecule has 2 N–H and O–H groups in total. The maximum absolute atomic E-state index is 12.0. The maximum Gasteiger partial charge on any atom is 0.239 e. The van der Waals surface area contributed by atoms with E-state index in [0.717, 1.165) is 23.4 Å². The minimum absolute atomic E-state index is 0.0774. The van der Waals surface area contributed by atoms with Crippen molar-refractivity contribution in [2.75, 3.05) is 39.7 Å². The van der Waals surface area contributed by atoms with Crippen LogP contribution in [0, 0.1) is 0 Å². The molecule has 0 spiro atoms. The van der Waals surface area contributed by atoms with Gasteiger partial charge in [0.1, 0.15) is 17.2 Å². The summed E-state index contributed by atoms with van der Waals surface area (Å²) < 4.78 is 15.6. The maximum atomic E-state index is 12.0. The summed E-state index contributed by atoms with van der Waals surface area (Å²) in [6.07, 6.45) is 0.765. The highest BCUT2D eigenvalue weighted by molar-refractivity contribution is 5.81. The van der Waals surface area contributed by atoms with Gasteiger partial charge in [-0.15, -0.1) is 0 Å². The lowest BCUT2D eigenvalue weighted by molar-refractivity contribution is -0.119. The first-order chi connectivity index (χ1) is 12.2. The summed E-state index contributed by atoms with van der Waals surface area (Å²) in [5.74, 6) is 2.08. The van der Waals surface area contributed by atoms with Crippen molar-refractivity contribution in [1.82, 2.24) is 5.32 Å². The monoisotopic (exact) mass is 344 g/mol. The van der Waals surface area contributed by atoms with Crippen LogP contribution >= 0.6 is 0 Å². The number of ether oxygens (including phenoxy) is 3. The fourth-order valence-corrected chi connectivity index (χ4v) is 2.32. The van der Waals surface area contributed by atoms with Crippen LogP contribution in [0.3, 0.4) is 0 Å². The van der Waals surface area contributed by atoms with Gasteiger partial charge < -0.3 is 24.8 Å². The number of hydrogen-bond acceptors (Lipinski definition) is 5. The number of anilines is 1. The standard InChI is InChI=1S/C19H24N2O4/c1-23-15-6-4-14(5-7-15)10-11-20-19(22)13-21-17-9-8-16(24-2)12-18(17)25-3/h4-9,12,21H,10-11,13H2,1-3H3,(H,20,22). The van der Waals surface area contributed by atoms with Crippen molar-refractivity contribution in [1.29, 1.82) is 0 Å². The van der Waals surface area contributed by atoms with Crippen LogP contribution < -0.4 is 24.8 Å². The Kier molecular flexibility index (Phi) is 6.95. The summed E-state index contributed by atoms with van der Waals surface area (Å²) in [4.78, 5) is 12.0. The van der Waals surface area contributed by atoms with Crippen molar-refractivity contribution in [3.8, 4) is 17.2 Å². The molecular weight excluding hydrogens is 320 g/mol. The van der Waals surface area contributed by atoms with Crippen LogP contribution in [0.1, 0.15) is 5.56 Å². The highest BCUT2D eigenvalue weighted by Crippen LogP contribution is 2.28. The first-order valence-electron chi connectivity index (χ1n) is 8.01. The third-order valence-corrected chi connectivity index (χ3v) is 3.74. The Morgan fingerprint density at radius 2 is 1.60 bits per heavy atom. The molecule has 0 saturated heterocycles. The number of rotatable bonds is 9. The third-order valence-electron chi connectivity index (χ3n) is 3.74.